The molecule has 188 valence electrons. The van der Waals surface area contributed by atoms with Gasteiger partial charge in [-0.25, -0.2) is 17.9 Å². The fourth-order valence-corrected chi connectivity index (χ4v) is 5.46. The van der Waals surface area contributed by atoms with Crippen LogP contribution in [0, 0.1) is 17.2 Å². The van der Waals surface area contributed by atoms with Crippen molar-refractivity contribution in [3.8, 4) is 23.2 Å². The Morgan fingerprint density at radius 1 is 1.19 bits per heavy atom. The van der Waals surface area contributed by atoms with Gasteiger partial charge in [0.15, 0.2) is 0 Å². The van der Waals surface area contributed by atoms with E-state index in [-0.39, 0.29) is 17.9 Å². The van der Waals surface area contributed by atoms with E-state index in [1.807, 2.05) is 31.2 Å². The summed E-state index contributed by atoms with van der Waals surface area (Å²) in [4.78, 5) is 18.5. The highest BCUT2D eigenvalue weighted by Crippen LogP contribution is 2.30. The van der Waals surface area contributed by atoms with E-state index in [0.717, 1.165) is 11.3 Å². The second-order valence-electron chi connectivity index (χ2n) is 9.18. The van der Waals surface area contributed by atoms with Crippen molar-refractivity contribution in [3.05, 3.63) is 42.2 Å². The molecule has 2 aromatic heterocycles. The summed E-state index contributed by atoms with van der Waals surface area (Å²) in [5.41, 5.74) is 3.33. The zero-order chi connectivity index (χ0) is 25.4. The lowest BCUT2D eigenvalue weighted by Gasteiger charge is -2.34. The predicted octanol–water partition coefficient (Wildman–Crippen LogP) is 1.25. The average Bonchev–Trinajstić information content (AvgIpc) is 3.50. The lowest BCUT2D eigenvalue weighted by Crippen LogP contribution is -2.48. The van der Waals surface area contributed by atoms with E-state index in [1.54, 1.807) is 10.7 Å². The Morgan fingerprint density at radius 3 is 2.53 bits per heavy atom. The minimum Gasteiger partial charge on any atom is -0.473 e. The lowest BCUT2D eigenvalue weighted by molar-refractivity contribution is -0.119. The molecule has 0 aliphatic carbocycles. The van der Waals surface area contributed by atoms with Gasteiger partial charge in [0.05, 0.1) is 24.3 Å². The molecule has 0 radical (unpaired) electrons. The number of sulfonamides is 1. The Hall–Kier alpha value is -3.69. The molecule has 2 fully saturated rings. The molecule has 1 amide bonds. The van der Waals surface area contributed by atoms with Gasteiger partial charge in [-0.05, 0) is 19.1 Å². The van der Waals surface area contributed by atoms with Crippen LogP contribution in [0.5, 0.6) is 5.88 Å². The predicted molar refractivity (Wildman–Crippen MR) is 133 cm³/mol. The van der Waals surface area contributed by atoms with Crippen LogP contribution in [0.25, 0.3) is 16.8 Å². The van der Waals surface area contributed by atoms with E-state index in [2.05, 4.69) is 21.4 Å². The zero-order valence-corrected chi connectivity index (χ0v) is 20.9. The van der Waals surface area contributed by atoms with Crippen molar-refractivity contribution in [1.82, 2.24) is 24.2 Å². The molecular weight excluding hydrogens is 482 g/mol. The van der Waals surface area contributed by atoms with Crippen molar-refractivity contribution < 1.29 is 17.9 Å². The van der Waals surface area contributed by atoms with Gasteiger partial charge < -0.3 is 15.0 Å². The van der Waals surface area contributed by atoms with Crippen LogP contribution in [0.15, 0.2) is 36.7 Å². The molecule has 1 aromatic carbocycles. The average molecular weight is 510 g/mol. The summed E-state index contributed by atoms with van der Waals surface area (Å²) in [6.07, 6.45) is 4.59. The third-order valence-electron chi connectivity index (χ3n) is 6.79. The number of fused-ring (bicyclic) bond motifs is 1. The smallest absolute Gasteiger partial charge is 0.242 e. The first-order valence-electron chi connectivity index (χ1n) is 11.8. The quantitative estimate of drug-likeness (QED) is 0.525. The highest BCUT2D eigenvalue weighted by atomic mass is 32.2. The number of hydrogen-bond acceptors (Lipinski definition) is 8. The van der Waals surface area contributed by atoms with Crippen molar-refractivity contribution in [2.75, 3.05) is 43.9 Å². The van der Waals surface area contributed by atoms with Crippen molar-refractivity contribution in [2.24, 2.45) is 5.92 Å². The third-order valence-corrected chi connectivity index (χ3v) is 8.09. The van der Waals surface area contributed by atoms with Gasteiger partial charge in [0.1, 0.15) is 23.3 Å². The largest absolute Gasteiger partial charge is 0.473 e. The molecule has 5 rings (SSSR count). The van der Waals surface area contributed by atoms with Crippen molar-refractivity contribution >= 4 is 27.1 Å². The number of amides is 1. The fraction of sp³-hybridized carbons (Fsp3) is 0.417. The van der Waals surface area contributed by atoms with Crippen LogP contribution in [0.2, 0.25) is 0 Å². The second kappa shape index (κ2) is 9.40. The van der Waals surface area contributed by atoms with Crippen molar-refractivity contribution in [3.63, 3.8) is 0 Å². The molecule has 11 nitrogen and oxygen atoms in total. The molecule has 2 aliphatic heterocycles. The number of nitrogens with one attached hydrogen (secondary N) is 1. The number of carbonyl (C=O) groups is 1. The molecule has 2 aliphatic rings. The van der Waals surface area contributed by atoms with E-state index in [9.17, 15) is 18.5 Å². The maximum atomic E-state index is 11.8. The summed E-state index contributed by atoms with van der Waals surface area (Å²) in [5.74, 6) is 0.315. The van der Waals surface area contributed by atoms with Gasteiger partial charge >= 0.3 is 0 Å². The minimum absolute atomic E-state index is 0.00203. The molecule has 3 aromatic rings. The second-order valence-corrected chi connectivity index (χ2v) is 11.2. The summed E-state index contributed by atoms with van der Waals surface area (Å²) >= 11 is 0. The molecule has 4 heterocycles. The van der Waals surface area contributed by atoms with Gasteiger partial charge in [0, 0.05) is 56.3 Å². The summed E-state index contributed by atoms with van der Waals surface area (Å²) in [7, 11) is -3.18. The number of benzene rings is 1. The number of ether oxygens (including phenoxy) is 1. The number of nitrogens with zero attached hydrogens (tertiary/aromatic N) is 6. The van der Waals surface area contributed by atoms with Crippen molar-refractivity contribution in [1.29, 1.82) is 5.26 Å². The summed E-state index contributed by atoms with van der Waals surface area (Å²) in [6, 6.07) is 10.0. The summed E-state index contributed by atoms with van der Waals surface area (Å²) in [6.45, 7) is 4.60. The number of hydrogen-bond donors (Lipinski definition) is 1. The first-order valence-corrected chi connectivity index (χ1v) is 13.6. The molecule has 2 atom stereocenters. The normalized spacial score (nSPS) is 19.8. The van der Waals surface area contributed by atoms with E-state index in [0.29, 0.717) is 61.8 Å². The molecule has 0 spiro atoms. The highest BCUT2D eigenvalue weighted by Gasteiger charge is 2.29. The maximum absolute atomic E-state index is 11.8. The van der Waals surface area contributed by atoms with E-state index < -0.39 is 10.0 Å². The molecule has 2 saturated heterocycles. The lowest BCUT2D eigenvalue weighted by atomic mass is 10.0. The van der Waals surface area contributed by atoms with Crippen LogP contribution >= 0.6 is 0 Å². The van der Waals surface area contributed by atoms with E-state index >= 15 is 0 Å². The SMILES string of the molecule is C[C@@H](Oc1nc(-c2ccc(N3CCN(S(C)(=O)=O)CC3)cc2)cn2ncc(C#N)c12)[C@H]1CNC(=O)C1. The standard InChI is InChI=1S/C24H27N7O4S/c1-16(18-11-22(32)26-13-18)35-24-23-19(12-25)14-27-31(23)15-21(28-24)17-3-5-20(6-4-17)29-7-9-30(10-8-29)36(2,33)34/h3-6,14-16,18H,7-11,13H2,1-2H3,(H,26,32)/t16-,18-/m1/s1. The monoisotopic (exact) mass is 509 g/mol. The fourth-order valence-electron chi connectivity index (χ4n) is 4.64. The van der Waals surface area contributed by atoms with Crippen LogP contribution in [0.1, 0.15) is 18.9 Å². The molecular formula is C24H27N7O4S. The van der Waals surface area contributed by atoms with E-state index in [1.165, 1.54) is 16.8 Å². The van der Waals surface area contributed by atoms with Gasteiger partial charge in [-0.3, -0.25) is 4.79 Å². The van der Waals surface area contributed by atoms with Gasteiger partial charge in [-0.15, -0.1) is 0 Å². The number of rotatable bonds is 6. The van der Waals surface area contributed by atoms with Gasteiger partial charge in [0.25, 0.3) is 0 Å². The van der Waals surface area contributed by atoms with Crippen LogP contribution in [-0.4, -0.2) is 78.3 Å². The van der Waals surface area contributed by atoms with E-state index in [4.69, 9.17) is 9.72 Å². The molecule has 0 bridgehead atoms. The molecule has 1 N–H and O–H groups in total. The van der Waals surface area contributed by atoms with Crippen LogP contribution in [0.4, 0.5) is 5.69 Å². The number of piperazine rings is 1. The summed E-state index contributed by atoms with van der Waals surface area (Å²) in [5, 5.41) is 16.7. The number of anilines is 1. The molecule has 12 heteroatoms. The first-order chi connectivity index (χ1) is 17.2. The Morgan fingerprint density at radius 2 is 1.92 bits per heavy atom. The molecule has 0 unspecified atom stereocenters. The number of carbonyl (C=O) groups excluding carboxylic acids is 1. The number of aromatic nitrogens is 3. The maximum Gasteiger partial charge on any atom is 0.242 e. The summed E-state index contributed by atoms with van der Waals surface area (Å²) < 4.78 is 32.8. The molecule has 36 heavy (non-hydrogen) atoms. The highest BCUT2D eigenvalue weighted by molar-refractivity contribution is 7.88. The Kier molecular flexibility index (Phi) is 6.27. The Labute approximate surface area is 209 Å². The topological polar surface area (TPSA) is 133 Å². The Bertz CT molecular complexity index is 1440. The Balaban J connectivity index is 1.40. The van der Waals surface area contributed by atoms with Gasteiger partial charge in [0.2, 0.25) is 21.8 Å². The third kappa shape index (κ3) is 4.72. The van der Waals surface area contributed by atoms with Crippen LogP contribution in [0.3, 0.4) is 0 Å². The van der Waals surface area contributed by atoms with Crippen molar-refractivity contribution in [2.45, 2.75) is 19.4 Å². The minimum atomic E-state index is -3.18. The zero-order valence-electron chi connectivity index (χ0n) is 20.1. The molecule has 0 saturated carbocycles. The van der Waals surface area contributed by atoms with Crippen LogP contribution in [-0.2, 0) is 14.8 Å². The number of nitriles is 1. The van der Waals surface area contributed by atoms with Gasteiger partial charge in [-0.2, -0.15) is 14.7 Å². The van der Waals surface area contributed by atoms with Crippen LogP contribution < -0.4 is 15.0 Å². The first kappa shape index (κ1) is 24.0. The van der Waals surface area contributed by atoms with Gasteiger partial charge in [-0.1, -0.05) is 12.1 Å².